The molecule has 0 bridgehead atoms. The standard InChI is InChI=1S/C9H19NO2.ClH/c1-3-5-8(10)6-4-7-9(11)12-2;/h8H,3-7,10H2,1-2H3;1H. The summed E-state index contributed by atoms with van der Waals surface area (Å²) in [6, 6.07) is 0.250. The van der Waals surface area contributed by atoms with Crippen LogP contribution in [0.25, 0.3) is 0 Å². The molecule has 13 heavy (non-hydrogen) atoms. The fraction of sp³-hybridized carbons (Fsp3) is 0.889. The Morgan fingerprint density at radius 1 is 1.46 bits per heavy atom. The molecule has 1 atom stereocenters. The zero-order chi connectivity index (χ0) is 9.40. The Morgan fingerprint density at radius 3 is 2.54 bits per heavy atom. The monoisotopic (exact) mass is 209 g/mol. The Balaban J connectivity index is 0. The molecule has 0 radical (unpaired) electrons. The van der Waals surface area contributed by atoms with E-state index in [0.717, 1.165) is 25.7 Å². The van der Waals surface area contributed by atoms with Crippen LogP contribution in [0, 0.1) is 0 Å². The average molecular weight is 210 g/mol. The van der Waals surface area contributed by atoms with E-state index in [1.54, 1.807) is 0 Å². The van der Waals surface area contributed by atoms with E-state index >= 15 is 0 Å². The molecule has 0 spiro atoms. The van der Waals surface area contributed by atoms with Gasteiger partial charge in [-0.1, -0.05) is 13.3 Å². The largest absolute Gasteiger partial charge is 0.469 e. The molecule has 0 rings (SSSR count). The predicted molar refractivity (Wildman–Crippen MR) is 56.0 cm³/mol. The maximum atomic E-state index is 10.7. The molecule has 0 aliphatic rings. The van der Waals surface area contributed by atoms with Crippen LogP contribution in [-0.4, -0.2) is 19.1 Å². The Hall–Kier alpha value is -0.280. The normalized spacial score (nSPS) is 11.6. The van der Waals surface area contributed by atoms with Gasteiger partial charge in [0, 0.05) is 12.5 Å². The lowest BCUT2D eigenvalue weighted by Crippen LogP contribution is -2.19. The fourth-order valence-electron chi connectivity index (χ4n) is 1.13. The van der Waals surface area contributed by atoms with Gasteiger partial charge in [0.15, 0.2) is 0 Å². The van der Waals surface area contributed by atoms with E-state index in [-0.39, 0.29) is 24.4 Å². The number of nitrogens with two attached hydrogens (primary N) is 1. The first-order valence-electron chi connectivity index (χ1n) is 4.53. The van der Waals surface area contributed by atoms with Gasteiger partial charge in [-0.25, -0.2) is 0 Å². The summed E-state index contributed by atoms with van der Waals surface area (Å²) in [4.78, 5) is 10.7. The first kappa shape index (κ1) is 15.2. The molecule has 0 aromatic carbocycles. The minimum Gasteiger partial charge on any atom is -0.469 e. The van der Waals surface area contributed by atoms with Crippen molar-refractivity contribution in [3.63, 3.8) is 0 Å². The maximum Gasteiger partial charge on any atom is 0.305 e. The molecule has 2 N–H and O–H groups in total. The number of esters is 1. The van der Waals surface area contributed by atoms with Gasteiger partial charge in [-0.15, -0.1) is 12.4 Å². The van der Waals surface area contributed by atoms with Crippen LogP contribution in [0.15, 0.2) is 0 Å². The highest BCUT2D eigenvalue weighted by Crippen LogP contribution is 2.04. The first-order valence-corrected chi connectivity index (χ1v) is 4.53. The highest BCUT2D eigenvalue weighted by molar-refractivity contribution is 5.85. The van der Waals surface area contributed by atoms with Crippen LogP contribution in [0.5, 0.6) is 0 Å². The molecule has 80 valence electrons. The minimum absolute atomic E-state index is 0. The van der Waals surface area contributed by atoms with E-state index in [4.69, 9.17) is 5.73 Å². The third kappa shape index (κ3) is 9.64. The van der Waals surface area contributed by atoms with E-state index in [1.165, 1.54) is 7.11 Å². The summed E-state index contributed by atoms with van der Waals surface area (Å²) in [7, 11) is 1.41. The molecule has 0 heterocycles. The van der Waals surface area contributed by atoms with Crippen LogP contribution in [0.1, 0.15) is 39.0 Å². The van der Waals surface area contributed by atoms with Crippen molar-refractivity contribution in [2.24, 2.45) is 5.73 Å². The van der Waals surface area contributed by atoms with Crippen LogP contribution in [0.3, 0.4) is 0 Å². The molecule has 0 aromatic rings. The quantitative estimate of drug-likeness (QED) is 0.680. The van der Waals surface area contributed by atoms with E-state index in [2.05, 4.69) is 11.7 Å². The van der Waals surface area contributed by atoms with E-state index in [0.29, 0.717) is 6.42 Å². The number of carbonyl (C=O) groups excluding carboxylic acids is 1. The lowest BCUT2D eigenvalue weighted by molar-refractivity contribution is -0.140. The van der Waals surface area contributed by atoms with Gasteiger partial charge in [0.1, 0.15) is 0 Å². The summed E-state index contributed by atoms with van der Waals surface area (Å²) in [5, 5.41) is 0. The zero-order valence-corrected chi connectivity index (χ0v) is 9.23. The molecule has 1 unspecified atom stereocenters. The second-order valence-electron chi connectivity index (χ2n) is 3.02. The minimum atomic E-state index is -0.140. The van der Waals surface area contributed by atoms with Crippen molar-refractivity contribution in [2.75, 3.05) is 7.11 Å². The Labute approximate surface area is 86.4 Å². The van der Waals surface area contributed by atoms with Crippen LogP contribution in [0.4, 0.5) is 0 Å². The molecular weight excluding hydrogens is 190 g/mol. The van der Waals surface area contributed by atoms with Crippen LogP contribution in [-0.2, 0) is 9.53 Å². The number of carbonyl (C=O) groups is 1. The molecule has 0 fully saturated rings. The maximum absolute atomic E-state index is 10.7. The van der Waals surface area contributed by atoms with Gasteiger partial charge < -0.3 is 10.5 Å². The summed E-state index contributed by atoms with van der Waals surface area (Å²) in [5.74, 6) is -0.140. The molecule has 0 amide bonds. The molecule has 4 heteroatoms. The summed E-state index contributed by atoms with van der Waals surface area (Å²) in [6.07, 6.45) is 4.41. The number of methoxy groups -OCH3 is 1. The van der Waals surface area contributed by atoms with Crippen molar-refractivity contribution in [3.8, 4) is 0 Å². The van der Waals surface area contributed by atoms with Gasteiger partial charge in [0.05, 0.1) is 7.11 Å². The van der Waals surface area contributed by atoms with E-state index in [9.17, 15) is 4.79 Å². The highest BCUT2D eigenvalue weighted by atomic mass is 35.5. The first-order chi connectivity index (χ1) is 5.70. The second kappa shape index (κ2) is 9.81. The summed E-state index contributed by atoms with van der Waals surface area (Å²) >= 11 is 0. The molecule has 0 saturated heterocycles. The summed E-state index contributed by atoms with van der Waals surface area (Å²) < 4.78 is 4.51. The number of ether oxygens (including phenoxy) is 1. The van der Waals surface area contributed by atoms with Crippen molar-refractivity contribution >= 4 is 18.4 Å². The zero-order valence-electron chi connectivity index (χ0n) is 8.41. The SMILES string of the molecule is CCCC(N)CCCC(=O)OC.Cl. The highest BCUT2D eigenvalue weighted by Gasteiger charge is 2.03. The number of hydrogen-bond donors (Lipinski definition) is 1. The molecular formula is C9H20ClNO2. The third-order valence-electron chi connectivity index (χ3n) is 1.84. The topological polar surface area (TPSA) is 52.3 Å². The van der Waals surface area contributed by atoms with Crippen molar-refractivity contribution < 1.29 is 9.53 Å². The predicted octanol–water partition coefficient (Wildman–Crippen LogP) is 1.88. The fourth-order valence-corrected chi connectivity index (χ4v) is 1.13. The van der Waals surface area contributed by atoms with Crippen LogP contribution in [0.2, 0.25) is 0 Å². The molecule has 0 saturated carbocycles. The summed E-state index contributed by atoms with van der Waals surface area (Å²) in [6.45, 7) is 2.11. The van der Waals surface area contributed by atoms with Crippen LogP contribution < -0.4 is 5.73 Å². The van der Waals surface area contributed by atoms with E-state index in [1.807, 2.05) is 0 Å². The van der Waals surface area contributed by atoms with Gasteiger partial charge in [-0.3, -0.25) is 4.79 Å². The molecule has 0 aliphatic carbocycles. The lowest BCUT2D eigenvalue weighted by Gasteiger charge is -2.08. The third-order valence-corrected chi connectivity index (χ3v) is 1.84. The van der Waals surface area contributed by atoms with Gasteiger partial charge in [0.25, 0.3) is 0 Å². The van der Waals surface area contributed by atoms with E-state index < -0.39 is 0 Å². The number of hydrogen-bond acceptors (Lipinski definition) is 3. The van der Waals surface area contributed by atoms with Gasteiger partial charge in [-0.2, -0.15) is 0 Å². The van der Waals surface area contributed by atoms with Crippen LogP contribution >= 0.6 is 12.4 Å². The van der Waals surface area contributed by atoms with Gasteiger partial charge in [0.2, 0.25) is 0 Å². The Kier molecular flexibility index (Phi) is 11.5. The van der Waals surface area contributed by atoms with Crippen molar-refractivity contribution in [3.05, 3.63) is 0 Å². The molecule has 0 aliphatic heterocycles. The average Bonchev–Trinajstić information content (AvgIpc) is 2.04. The summed E-state index contributed by atoms with van der Waals surface area (Å²) in [5.41, 5.74) is 5.76. The van der Waals surface area contributed by atoms with Crippen molar-refractivity contribution in [1.29, 1.82) is 0 Å². The lowest BCUT2D eigenvalue weighted by atomic mass is 10.1. The van der Waals surface area contributed by atoms with Gasteiger partial charge >= 0.3 is 5.97 Å². The van der Waals surface area contributed by atoms with Crippen molar-refractivity contribution in [1.82, 2.24) is 0 Å². The Morgan fingerprint density at radius 2 is 2.08 bits per heavy atom. The van der Waals surface area contributed by atoms with Crippen molar-refractivity contribution in [2.45, 2.75) is 45.1 Å². The smallest absolute Gasteiger partial charge is 0.305 e. The molecule has 3 nitrogen and oxygen atoms in total. The Bertz CT molecular complexity index is 131. The molecule has 0 aromatic heterocycles. The van der Waals surface area contributed by atoms with Gasteiger partial charge in [-0.05, 0) is 19.3 Å². The second-order valence-corrected chi connectivity index (χ2v) is 3.02. The number of rotatable bonds is 6. The number of halogens is 1.